The van der Waals surface area contributed by atoms with Crippen molar-refractivity contribution in [3.05, 3.63) is 57.5 Å². The van der Waals surface area contributed by atoms with Gasteiger partial charge in [0.15, 0.2) is 17.3 Å². The summed E-state index contributed by atoms with van der Waals surface area (Å²) < 4.78 is 6.69. The summed E-state index contributed by atoms with van der Waals surface area (Å²) in [4.78, 5) is 23.6. The molecule has 3 heterocycles. The van der Waals surface area contributed by atoms with Gasteiger partial charge in [0.1, 0.15) is 5.82 Å². The van der Waals surface area contributed by atoms with Gasteiger partial charge in [-0.2, -0.15) is 14.9 Å². The van der Waals surface area contributed by atoms with E-state index < -0.39 is 0 Å². The number of aromatic nitrogens is 4. The average Bonchev–Trinajstić information content (AvgIpc) is 2.98. The number of ether oxygens (including phenoxy) is 1. The number of rotatable bonds is 3. The third-order valence-electron chi connectivity index (χ3n) is 4.59. The summed E-state index contributed by atoms with van der Waals surface area (Å²) in [6, 6.07) is 7.91. The quantitative estimate of drug-likeness (QED) is 0.644. The molecule has 3 aromatic rings. The first-order valence-electron chi connectivity index (χ1n) is 8.30. The fourth-order valence-corrected chi connectivity index (χ4v) is 3.36. The van der Waals surface area contributed by atoms with Crippen LogP contribution in [0.15, 0.2) is 35.1 Å². The number of hydrogen-bond acceptors (Lipinski definition) is 6. The van der Waals surface area contributed by atoms with Crippen LogP contribution in [0.2, 0.25) is 0 Å². The minimum absolute atomic E-state index is 0.0339. The first-order valence-corrected chi connectivity index (χ1v) is 8.30. The second-order valence-electron chi connectivity index (χ2n) is 6.28. The van der Waals surface area contributed by atoms with Crippen molar-refractivity contribution in [2.45, 2.75) is 19.3 Å². The maximum absolute atomic E-state index is 12.4. The van der Waals surface area contributed by atoms with E-state index in [1.807, 2.05) is 6.92 Å². The molecule has 1 unspecified atom stereocenters. The van der Waals surface area contributed by atoms with E-state index in [2.05, 4.69) is 20.6 Å². The fraction of sp³-hybridized carbons (Fsp3) is 0.222. The molecule has 4 rings (SSSR count). The van der Waals surface area contributed by atoms with Crippen LogP contribution in [-0.4, -0.2) is 38.1 Å². The predicted molar refractivity (Wildman–Crippen MR) is 96.5 cm³/mol. The number of aryl methyl sites for hydroxylation is 1. The van der Waals surface area contributed by atoms with Crippen molar-refractivity contribution in [2.75, 3.05) is 12.4 Å². The number of nitrogens with one attached hydrogen (secondary N) is 2. The van der Waals surface area contributed by atoms with Crippen molar-refractivity contribution in [1.29, 1.82) is 0 Å². The maximum Gasteiger partial charge on any atom is 0.264 e. The molecule has 1 aliphatic heterocycles. The van der Waals surface area contributed by atoms with E-state index in [0.29, 0.717) is 17.4 Å². The van der Waals surface area contributed by atoms with Crippen LogP contribution in [0.25, 0.3) is 5.82 Å². The molecule has 0 bridgehead atoms. The highest BCUT2D eigenvalue weighted by molar-refractivity contribution is 5.95. The van der Waals surface area contributed by atoms with Crippen LogP contribution in [0.5, 0.6) is 11.5 Å². The Labute approximate surface area is 153 Å². The number of methoxy groups -OCH3 is 1. The summed E-state index contributed by atoms with van der Waals surface area (Å²) in [6.07, 6.45) is 0.243. The highest BCUT2D eigenvalue weighted by Crippen LogP contribution is 2.41. The first kappa shape index (κ1) is 16.8. The molecule has 9 nitrogen and oxygen atoms in total. The number of H-pyrrole nitrogens is 1. The monoisotopic (exact) mass is 367 g/mol. The number of nitrogens with zero attached hydrogens (tertiary/aromatic N) is 3. The van der Waals surface area contributed by atoms with E-state index in [1.54, 1.807) is 18.2 Å². The first-order chi connectivity index (χ1) is 13.0. The van der Waals surface area contributed by atoms with Gasteiger partial charge in [-0.25, -0.2) is 5.10 Å². The number of anilines is 1. The van der Waals surface area contributed by atoms with Crippen molar-refractivity contribution in [3.63, 3.8) is 0 Å². The van der Waals surface area contributed by atoms with Gasteiger partial charge in [-0.3, -0.25) is 9.59 Å². The molecule has 2 aromatic heterocycles. The van der Waals surface area contributed by atoms with Gasteiger partial charge in [-0.1, -0.05) is 6.07 Å². The molecule has 1 aliphatic rings. The fourth-order valence-electron chi connectivity index (χ4n) is 3.36. The standard InChI is InChI=1S/C18H17N5O4/c1-9-17-11(10-3-4-12(24)13(7-10)27-2)8-16(26)19-18(17)23(22-9)14-5-6-15(25)21-20-14/h3-7,11,24H,8H2,1-2H3,(H,19,26)(H,21,25). The average molecular weight is 367 g/mol. The largest absolute Gasteiger partial charge is 0.504 e. The lowest BCUT2D eigenvalue weighted by Gasteiger charge is -2.24. The molecule has 1 atom stereocenters. The Morgan fingerprint density at radius 3 is 2.78 bits per heavy atom. The Hall–Kier alpha value is -3.62. The van der Waals surface area contributed by atoms with Crippen molar-refractivity contribution < 1.29 is 14.6 Å². The number of aromatic hydroxyl groups is 1. The van der Waals surface area contributed by atoms with Crippen LogP contribution >= 0.6 is 0 Å². The summed E-state index contributed by atoms with van der Waals surface area (Å²) in [5.74, 6) is 0.868. The third-order valence-corrected chi connectivity index (χ3v) is 4.59. The van der Waals surface area contributed by atoms with Crippen molar-refractivity contribution in [2.24, 2.45) is 0 Å². The molecule has 0 fully saturated rings. The van der Waals surface area contributed by atoms with Crippen LogP contribution in [0.4, 0.5) is 5.82 Å². The molecule has 1 amide bonds. The summed E-state index contributed by atoms with van der Waals surface area (Å²) in [5.41, 5.74) is 2.10. The van der Waals surface area contributed by atoms with E-state index in [-0.39, 0.29) is 29.6 Å². The van der Waals surface area contributed by atoms with Gasteiger partial charge in [0.2, 0.25) is 5.91 Å². The molecule has 9 heteroatoms. The van der Waals surface area contributed by atoms with Gasteiger partial charge >= 0.3 is 0 Å². The number of benzene rings is 1. The number of fused-ring (bicyclic) bond motifs is 1. The van der Waals surface area contributed by atoms with E-state index in [9.17, 15) is 14.7 Å². The zero-order valence-corrected chi connectivity index (χ0v) is 14.7. The Morgan fingerprint density at radius 1 is 1.26 bits per heavy atom. The molecule has 0 aliphatic carbocycles. The molecule has 138 valence electrons. The number of phenols is 1. The van der Waals surface area contributed by atoms with Gasteiger partial charge < -0.3 is 15.2 Å². The Kier molecular flexibility index (Phi) is 3.91. The Bertz CT molecular complexity index is 1080. The maximum atomic E-state index is 12.4. The minimum atomic E-state index is -0.324. The van der Waals surface area contributed by atoms with Crippen molar-refractivity contribution in [1.82, 2.24) is 20.0 Å². The van der Waals surface area contributed by atoms with E-state index in [4.69, 9.17) is 4.74 Å². The second-order valence-corrected chi connectivity index (χ2v) is 6.28. The predicted octanol–water partition coefficient (Wildman–Crippen LogP) is 1.45. The van der Waals surface area contributed by atoms with Crippen LogP contribution < -0.4 is 15.6 Å². The summed E-state index contributed by atoms with van der Waals surface area (Å²) in [7, 11) is 1.48. The van der Waals surface area contributed by atoms with Crippen molar-refractivity contribution >= 4 is 11.7 Å². The number of carbonyl (C=O) groups excluding carboxylic acids is 1. The normalized spacial score (nSPS) is 15.9. The summed E-state index contributed by atoms with van der Waals surface area (Å²) >= 11 is 0. The summed E-state index contributed by atoms with van der Waals surface area (Å²) in [5, 5.41) is 23.6. The lowest BCUT2D eigenvalue weighted by atomic mass is 9.85. The van der Waals surface area contributed by atoms with Gasteiger partial charge in [0.05, 0.1) is 12.8 Å². The molecule has 0 radical (unpaired) electrons. The lowest BCUT2D eigenvalue weighted by Crippen LogP contribution is -2.25. The van der Waals surface area contributed by atoms with E-state index in [1.165, 1.54) is 23.9 Å². The molecular formula is C18H17N5O4. The van der Waals surface area contributed by atoms with E-state index >= 15 is 0 Å². The highest BCUT2D eigenvalue weighted by atomic mass is 16.5. The Balaban J connectivity index is 1.87. The summed E-state index contributed by atoms with van der Waals surface area (Å²) in [6.45, 7) is 1.85. The minimum Gasteiger partial charge on any atom is -0.504 e. The zero-order chi connectivity index (χ0) is 19.1. The van der Waals surface area contributed by atoms with Crippen molar-refractivity contribution in [3.8, 4) is 17.3 Å². The number of amides is 1. The second kappa shape index (κ2) is 6.27. The number of hydrogen-bond donors (Lipinski definition) is 3. The number of phenolic OH excluding ortho intramolecular Hbond substituents is 1. The molecule has 0 spiro atoms. The van der Waals surface area contributed by atoms with Gasteiger partial charge in [-0.05, 0) is 30.7 Å². The molecule has 27 heavy (non-hydrogen) atoms. The van der Waals surface area contributed by atoms with Gasteiger partial charge in [0.25, 0.3) is 5.56 Å². The zero-order valence-electron chi connectivity index (χ0n) is 14.7. The SMILES string of the molecule is COc1cc(C2CC(=O)Nc3c2c(C)nn3-c2ccc(=O)[nH]n2)ccc1O. The molecule has 0 saturated heterocycles. The third kappa shape index (κ3) is 2.82. The van der Waals surface area contributed by atoms with Crippen LogP contribution in [0.1, 0.15) is 29.2 Å². The lowest BCUT2D eigenvalue weighted by molar-refractivity contribution is -0.116. The highest BCUT2D eigenvalue weighted by Gasteiger charge is 2.33. The number of carbonyl (C=O) groups is 1. The van der Waals surface area contributed by atoms with Crippen LogP contribution in [-0.2, 0) is 4.79 Å². The van der Waals surface area contributed by atoms with Gasteiger partial charge in [-0.15, -0.1) is 0 Å². The van der Waals surface area contributed by atoms with Gasteiger partial charge in [0, 0.05) is 24.0 Å². The molecule has 1 aromatic carbocycles. The molecule has 0 saturated carbocycles. The molecule has 3 N–H and O–H groups in total. The van der Waals surface area contributed by atoms with E-state index in [0.717, 1.165) is 16.8 Å². The number of aromatic amines is 1. The topological polar surface area (TPSA) is 122 Å². The van der Waals surface area contributed by atoms with Crippen LogP contribution in [0.3, 0.4) is 0 Å². The molecular weight excluding hydrogens is 350 g/mol. The van der Waals surface area contributed by atoms with Crippen LogP contribution in [0, 0.1) is 6.92 Å². The Morgan fingerprint density at radius 2 is 2.07 bits per heavy atom. The smallest absolute Gasteiger partial charge is 0.264 e.